The normalized spacial score (nSPS) is 9.69. The molecule has 0 heterocycles. The second kappa shape index (κ2) is 4.54. The van der Waals surface area contributed by atoms with Crippen LogP contribution in [0.1, 0.15) is 0 Å². The van der Waals surface area contributed by atoms with Crippen LogP contribution < -0.4 is 16.6 Å². The van der Waals surface area contributed by atoms with Crippen LogP contribution in [0.25, 0.3) is 0 Å². The number of rotatable bonds is 3. The third kappa shape index (κ3) is 3.18. The molecule has 0 aliphatic carbocycles. The number of nitrogens with one attached hydrogen (secondary N) is 2. The van der Waals surface area contributed by atoms with E-state index in [0.717, 1.165) is 0 Å². The van der Waals surface area contributed by atoms with Gasteiger partial charge in [0.1, 0.15) is 5.82 Å². The van der Waals surface area contributed by atoms with Gasteiger partial charge in [0.25, 0.3) is 0 Å². The molecule has 0 spiro atoms. The van der Waals surface area contributed by atoms with Gasteiger partial charge in [-0.1, -0.05) is 6.07 Å². The average molecular weight is 183 g/mol. The lowest BCUT2D eigenvalue weighted by molar-refractivity contribution is -0.115. The van der Waals surface area contributed by atoms with Crippen LogP contribution in [0.15, 0.2) is 24.3 Å². The third-order valence-electron chi connectivity index (χ3n) is 1.37. The Bertz CT molecular complexity index is 303. The summed E-state index contributed by atoms with van der Waals surface area (Å²) in [6.45, 7) is -0.00346. The molecular weight excluding hydrogens is 173 g/mol. The first-order chi connectivity index (χ1) is 6.22. The number of halogens is 1. The van der Waals surface area contributed by atoms with Crippen molar-refractivity contribution >= 4 is 11.6 Å². The quantitative estimate of drug-likeness (QED) is 0.464. The van der Waals surface area contributed by atoms with Gasteiger partial charge in [0.15, 0.2) is 0 Å². The smallest absolute Gasteiger partial charge is 0.239 e. The van der Waals surface area contributed by atoms with E-state index in [2.05, 4.69) is 10.7 Å². The van der Waals surface area contributed by atoms with Gasteiger partial charge >= 0.3 is 0 Å². The Morgan fingerprint density at radius 1 is 1.54 bits per heavy atom. The summed E-state index contributed by atoms with van der Waals surface area (Å²) in [6, 6.07) is 5.64. The van der Waals surface area contributed by atoms with Crippen molar-refractivity contribution in [3.8, 4) is 0 Å². The van der Waals surface area contributed by atoms with E-state index < -0.39 is 5.82 Å². The molecule has 1 amide bonds. The van der Waals surface area contributed by atoms with Crippen molar-refractivity contribution in [1.82, 2.24) is 5.43 Å². The van der Waals surface area contributed by atoms with Gasteiger partial charge in [-0.3, -0.25) is 16.1 Å². The van der Waals surface area contributed by atoms with Crippen LogP contribution in [0.4, 0.5) is 10.1 Å². The van der Waals surface area contributed by atoms with E-state index in [9.17, 15) is 9.18 Å². The van der Waals surface area contributed by atoms with Crippen molar-refractivity contribution in [1.29, 1.82) is 0 Å². The number of hydrogen-bond donors (Lipinski definition) is 3. The minimum Gasteiger partial charge on any atom is -0.325 e. The van der Waals surface area contributed by atoms with Gasteiger partial charge in [0, 0.05) is 5.69 Å². The molecular formula is C8H10FN3O. The van der Waals surface area contributed by atoms with Gasteiger partial charge in [0.05, 0.1) is 6.54 Å². The van der Waals surface area contributed by atoms with E-state index in [0.29, 0.717) is 5.69 Å². The number of carbonyl (C=O) groups excluding carboxylic acids is 1. The Hall–Kier alpha value is -1.46. The molecule has 0 saturated heterocycles. The Labute approximate surface area is 74.9 Å². The Morgan fingerprint density at radius 2 is 2.31 bits per heavy atom. The standard InChI is InChI=1S/C8H10FN3O/c9-6-2-1-3-7(4-6)12-8(13)5-11-10/h1-4,11H,5,10H2,(H,12,13). The first-order valence-electron chi connectivity index (χ1n) is 3.71. The Kier molecular flexibility index (Phi) is 3.36. The maximum atomic E-state index is 12.6. The van der Waals surface area contributed by atoms with Crippen LogP contribution >= 0.6 is 0 Å². The molecule has 1 rings (SSSR count). The fourth-order valence-corrected chi connectivity index (χ4v) is 0.864. The molecule has 0 fully saturated rings. The van der Waals surface area contributed by atoms with Crippen LogP contribution in [0.3, 0.4) is 0 Å². The molecule has 0 radical (unpaired) electrons. The maximum absolute atomic E-state index is 12.6. The Balaban J connectivity index is 2.58. The predicted molar refractivity (Wildman–Crippen MR) is 47.2 cm³/mol. The molecule has 13 heavy (non-hydrogen) atoms. The summed E-state index contributed by atoms with van der Waals surface area (Å²) in [5.41, 5.74) is 2.61. The molecule has 0 unspecified atom stereocenters. The van der Waals surface area contributed by atoms with Crippen molar-refractivity contribution in [3.63, 3.8) is 0 Å². The van der Waals surface area contributed by atoms with Crippen molar-refractivity contribution in [2.75, 3.05) is 11.9 Å². The third-order valence-corrected chi connectivity index (χ3v) is 1.37. The van der Waals surface area contributed by atoms with E-state index in [-0.39, 0.29) is 12.5 Å². The zero-order chi connectivity index (χ0) is 9.68. The van der Waals surface area contributed by atoms with E-state index in [4.69, 9.17) is 5.84 Å². The summed E-state index contributed by atoms with van der Waals surface area (Å²) in [5.74, 6) is 4.23. The van der Waals surface area contributed by atoms with Gasteiger partial charge in [0.2, 0.25) is 5.91 Å². The highest BCUT2D eigenvalue weighted by Gasteiger charge is 2.00. The molecule has 4 N–H and O–H groups in total. The number of hydrogen-bond acceptors (Lipinski definition) is 3. The van der Waals surface area contributed by atoms with Gasteiger partial charge in [-0.15, -0.1) is 0 Å². The predicted octanol–water partition coefficient (Wildman–Crippen LogP) is 0.227. The minimum absolute atomic E-state index is 0.00346. The van der Waals surface area contributed by atoms with Crippen molar-refractivity contribution < 1.29 is 9.18 Å². The van der Waals surface area contributed by atoms with Crippen LogP contribution in [-0.2, 0) is 4.79 Å². The van der Waals surface area contributed by atoms with E-state index in [1.54, 1.807) is 6.07 Å². The molecule has 0 aromatic heterocycles. The summed E-state index contributed by atoms with van der Waals surface area (Å²) in [6.07, 6.45) is 0. The molecule has 1 aromatic rings. The van der Waals surface area contributed by atoms with E-state index >= 15 is 0 Å². The zero-order valence-electron chi connectivity index (χ0n) is 6.88. The SMILES string of the molecule is NNCC(=O)Nc1cccc(F)c1. The molecule has 1 aromatic carbocycles. The van der Waals surface area contributed by atoms with Crippen LogP contribution in [0.2, 0.25) is 0 Å². The lowest BCUT2D eigenvalue weighted by Crippen LogP contribution is -2.32. The van der Waals surface area contributed by atoms with Crippen LogP contribution in [0, 0.1) is 5.82 Å². The molecule has 0 aliphatic heterocycles. The average Bonchev–Trinajstić information content (AvgIpc) is 2.04. The summed E-state index contributed by atoms with van der Waals surface area (Å²) < 4.78 is 12.6. The number of anilines is 1. The summed E-state index contributed by atoms with van der Waals surface area (Å²) in [4.78, 5) is 10.9. The van der Waals surface area contributed by atoms with E-state index in [1.165, 1.54) is 18.2 Å². The lowest BCUT2D eigenvalue weighted by Gasteiger charge is -2.03. The van der Waals surface area contributed by atoms with E-state index in [1.807, 2.05) is 0 Å². The number of benzene rings is 1. The number of carbonyl (C=O) groups is 1. The maximum Gasteiger partial charge on any atom is 0.239 e. The fourth-order valence-electron chi connectivity index (χ4n) is 0.864. The number of nitrogens with two attached hydrogens (primary N) is 1. The molecule has 5 heteroatoms. The Morgan fingerprint density at radius 3 is 2.92 bits per heavy atom. The summed E-state index contributed by atoms with van der Waals surface area (Å²) >= 11 is 0. The molecule has 0 bridgehead atoms. The van der Waals surface area contributed by atoms with Gasteiger partial charge in [-0.2, -0.15) is 0 Å². The highest BCUT2D eigenvalue weighted by atomic mass is 19.1. The summed E-state index contributed by atoms with van der Waals surface area (Å²) in [7, 11) is 0. The monoisotopic (exact) mass is 183 g/mol. The summed E-state index contributed by atoms with van der Waals surface area (Å²) in [5, 5.41) is 2.46. The van der Waals surface area contributed by atoms with Gasteiger partial charge < -0.3 is 5.32 Å². The molecule has 70 valence electrons. The highest BCUT2D eigenvalue weighted by molar-refractivity contribution is 5.92. The molecule has 0 atom stereocenters. The van der Waals surface area contributed by atoms with Gasteiger partial charge in [-0.05, 0) is 18.2 Å². The minimum atomic E-state index is -0.390. The second-order valence-corrected chi connectivity index (χ2v) is 2.44. The lowest BCUT2D eigenvalue weighted by atomic mass is 10.3. The van der Waals surface area contributed by atoms with Crippen molar-refractivity contribution in [3.05, 3.63) is 30.1 Å². The zero-order valence-corrected chi connectivity index (χ0v) is 6.88. The van der Waals surface area contributed by atoms with Crippen LogP contribution in [-0.4, -0.2) is 12.5 Å². The molecule has 0 saturated carbocycles. The first kappa shape index (κ1) is 9.63. The first-order valence-corrected chi connectivity index (χ1v) is 3.71. The fraction of sp³-hybridized carbons (Fsp3) is 0.125. The molecule has 4 nitrogen and oxygen atoms in total. The van der Waals surface area contributed by atoms with Crippen molar-refractivity contribution in [2.24, 2.45) is 5.84 Å². The number of hydrazine groups is 1. The van der Waals surface area contributed by atoms with Gasteiger partial charge in [-0.25, -0.2) is 4.39 Å². The van der Waals surface area contributed by atoms with Crippen LogP contribution in [0.5, 0.6) is 0 Å². The topological polar surface area (TPSA) is 67.1 Å². The van der Waals surface area contributed by atoms with Crippen molar-refractivity contribution in [2.45, 2.75) is 0 Å². The number of amides is 1. The highest BCUT2D eigenvalue weighted by Crippen LogP contribution is 2.08. The molecule has 0 aliphatic rings. The second-order valence-electron chi connectivity index (χ2n) is 2.44. The largest absolute Gasteiger partial charge is 0.325 e.